The molecule has 0 bridgehead atoms. The molecule has 0 saturated heterocycles. The van der Waals surface area contributed by atoms with Gasteiger partial charge in [0.25, 0.3) is 0 Å². The van der Waals surface area contributed by atoms with E-state index < -0.39 is 18.0 Å². The number of carbonyl (C=O) groups excluding carboxylic acids is 1. The number of aryl methyl sites for hydroxylation is 1. The van der Waals surface area contributed by atoms with Gasteiger partial charge in [-0.2, -0.15) is 8.78 Å². The third kappa shape index (κ3) is 9.38. The van der Waals surface area contributed by atoms with Crippen molar-refractivity contribution in [2.24, 2.45) is 11.8 Å². The Kier molecular flexibility index (Phi) is 10.8. The Bertz CT molecular complexity index is 1020. The van der Waals surface area contributed by atoms with E-state index in [1.807, 2.05) is 12.1 Å². The van der Waals surface area contributed by atoms with Crippen molar-refractivity contribution < 1.29 is 23.0 Å². The summed E-state index contributed by atoms with van der Waals surface area (Å²) in [7, 11) is 0. The highest BCUT2D eigenvalue weighted by atomic mass is 19.3. The Hall–Kier alpha value is -3.09. The van der Waals surface area contributed by atoms with E-state index in [4.69, 9.17) is 20.9 Å². The van der Waals surface area contributed by atoms with Gasteiger partial charge in [-0.3, -0.25) is 0 Å². The molecule has 0 spiro atoms. The van der Waals surface area contributed by atoms with Gasteiger partial charge >= 0.3 is 12.1 Å². The van der Waals surface area contributed by atoms with Gasteiger partial charge in [0.15, 0.2) is 0 Å². The van der Waals surface area contributed by atoms with Crippen LogP contribution in [0, 0.1) is 11.8 Å². The normalized spacial score (nSPS) is 18.1. The third-order valence-electron chi connectivity index (χ3n) is 7.07. The van der Waals surface area contributed by atoms with Crippen molar-refractivity contribution in [2.75, 3.05) is 18.1 Å². The number of nitrogens with two attached hydrogens (primary N) is 2. The van der Waals surface area contributed by atoms with Gasteiger partial charge in [0.05, 0.1) is 12.5 Å². The summed E-state index contributed by atoms with van der Waals surface area (Å²) in [6.07, 6.45) is 8.12. The molecular weight excluding hydrogens is 474 g/mol. The molecule has 0 aliphatic heterocycles. The number of carbonyl (C=O) groups is 1. The van der Waals surface area contributed by atoms with Crippen molar-refractivity contribution in [1.29, 1.82) is 0 Å². The van der Waals surface area contributed by atoms with Crippen LogP contribution < -0.4 is 16.2 Å². The summed E-state index contributed by atoms with van der Waals surface area (Å²) in [5.74, 6) is -0.491. The minimum atomic E-state index is -3.18. The minimum Gasteiger partial charge on any atom is -0.463 e. The molecule has 0 atom stereocenters. The van der Waals surface area contributed by atoms with E-state index in [0.717, 1.165) is 56.9 Å². The van der Waals surface area contributed by atoms with Crippen LogP contribution in [0.4, 0.5) is 20.2 Å². The van der Waals surface area contributed by atoms with E-state index in [2.05, 4.69) is 6.92 Å². The van der Waals surface area contributed by atoms with E-state index in [1.54, 1.807) is 24.3 Å². The number of benzene rings is 2. The van der Waals surface area contributed by atoms with Crippen molar-refractivity contribution in [3.8, 4) is 5.75 Å². The van der Waals surface area contributed by atoms with Crippen LogP contribution in [0.2, 0.25) is 0 Å². The van der Waals surface area contributed by atoms with Crippen molar-refractivity contribution in [1.82, 2.24) is 0 Å². The van der Waals surface area contributed by atoms with Crippen LogP contribution >= 0.6 is 0 Å². The second kappa shape index (κ2) is 14.0. The van der Waals surface area contributed by atoms with Gasteiger partial charge in [0, 0.05) is 17.5 Å². The molecule has 5 nitrogen and oxygen atoms in total. The zero-order valence-corrected chi connectivity index (χ0v) is 21.8. The molecule has 202 valence electrons. The fourth-order valence-electron chi connectivity index (χ4n) is 4.90. The predicted molar refractivity (Wildman–Crippen MR) is 145 cm³/mol. The lowest BCUT2D eigenvalue weighted by Gasteiger charge is -2.33. The number of hydrogen-bond donors (Lipinski definition) is 2. The molecule has 1 aliphatic carbocycles. The molecule has 0 unspecified atom stereocenters. The van der Waals surface area contributed by atoms with Crippen molar-refractivity contribution in [3.05, 3.63) is 59.7 Å². The zero-order valence-electron chi connectivity index (χ0n) is 21.8. The van der Waals surface area contributed by atoms with Gasteiger partial charge in [-0.05, 0) is 98.8 Å². The molecule has 1 fully saturated rings. The van der Waals surface area contributed by atoms with E-state index >= 15 is 0 Å². The molecule has 1 saturated carbocycles. The summed E-state index contributed by atoms with van der Waals surface area (Å²) in [5.41, 5.74) is 14.8. The number of unbranched alkanes of at least 4 members (excludes halogenated alkanes) is 2. The average Bonchev–Trinajstić information content (AvgIpc) is 2.87. The van der Waals surface area contributed by atoms with Gasteiger partial charge in [-0.15, -0.1) is 0 Å². The molecule has 0 heterocycles. The quantitative estimate of drug-likeness (QED) is 0.126. The zero-order chi connectivity index (χ0) is 26.7. The molecule has 1 aliphatic rings. The van der Waals surface area contributed by atoms with E-state index in [-0.39, 0.29) is 5.75 Å². The van der Waals surface area contributed by atoms with E-state index in [0.29, 0.717) is 42.3 Å². The molecule has 4 N–H and O–H groups in total. The highest BCUT2D eigenvalue weighted by Crippen LogP contribution is 2.41. The highest BCUT2D eigenvalue weighted by Gasteiger charge is 2.43. The number of alkyl halides is 2. The van der Waals surface area contributed by atoms with Crippen molar-refractivity contribution in [2.45, 2.75) is 77.2 Å². The van der Waals surface area contributed by atoms with Gasteiger partial charge < -0.3 is 20.9 Å². The molecule has 3 rings (SSSR count). The molecule has 0 radical (unpaired) electrons. The van der Waals surface area contributed by atoms with Gasteiger partial charge in [-0.1, -0.05) is 38.0 Å². The lowest BCUT2D eigenvalue weighted by atomic mass is 9.79. The van der Waals surface area contributed by atoms with Gasteiger partial charge in [0.2, 0.25) is 0 Å². The number of halogens is 2. The van der Waals surface area contributed by atoms with Crippen LogP contribution in [0.25, 0.3) is 6.08 Å². The van der Waals surface area contributed by atoms with Crippen LogP contribution in [0.3, 0.4) is 0 Å². The number of esters is 1. The van der Waals surface area contributed by atoms with Gasteiger partial charge in [0.1, 0.15) is 5.75 Å². The second-order valence-corrected chi connectivity index (χ2v) is 10.0. The van der Waals surface area contributed by atoms with Crippen LogP contribution in [0.15, 0.2) is 48.5 Å². The fraction of sp³-hybridized carbons (Fsp3) is 0.500. The van der Waals surface area contributed by atoms with Crippen LogP contribution in [-0.2, 0) is 16.0 Å². The Balaban J connectivity index is 1.34. The average molecular weight is 515 g/mol. The number of nitrogen functional groups attached to an aromatic ring is 2. The van der Waals surface area contributed by atoms with E-state index in [1.165, 1.54) is 18.2 Å². The first-order valence-corrected chi connectivity index (χ1v) is 13.4. The summed E-state index contributed by atoms with van der Waals surface area (Å²) in [6.45, 7) is 2.47. The van der Waals surface area contributed by atoms with Gasteiger partial charge in [-0.25, -0.2) is 4.79 Å². The SMILES string of the molecule is CCCC1CCC(C(F)(F)Oc2ccc(/C=C/C(=O)OCCCCCc3ccc(N)cc3N)cc2)CC1. The highest BCUT2D eigenvalue weighted by molar-refractivity contribution is 5.87. The topological polar surface area (TPSA) is 87.6 Å². The second-order valence-electron chi connectivity index (χ2n) is 10.0. The Morgan fingerprint density at radius 3 is 2.43 bits per heavy atom. The first-order chi connectivity index (χ1) is 17.8. The van der Waals surface area contributed by atoms with Crippen LogP contribution in [0.5, 0.6) is 5.75 Å². The monoisotopic (exact) mass is 514 g/mol. The summed E-state index contributed by atoms with van der Waals surface area (Å²) >= 11 is 0. The maximum absolute atomic E-state index is 14.7. The maximum Gasteiger partial charge on any atom is 0.400 e. The number of hydrogen-bond acceptors (Lipinski definition) is 5. The standard InChI is InChI=1S/C30H40F2N2O3/c1-2-6-22-8-14-25(15-9-22)30(31,32)37-27-17-10-23(11-18-27)12-19-29(35)36-20-5-3-4-7-24-13-16-26(33)21-28(24)34/h10-13,16-19,21-22,25H,2-9,14-15,20,33-34H2,1H3/b19-12+. The Labute approximate surface area is 219 Å². The smallest absolute Gasteiger partial charge is 0.400 e. The van der Waals surface area contributed by atoms with Crippen LogP contribution in [0.1, 0.15) is 75.8 Å². The third-order valence-corrected chi connectivity index (χ3v) is 7.07. The lowest BCUT2D eigenvalue weighted by molar-refractivity contribution is -0.223. The van der Waals surface area contributed by atoms with Crippen LogP contribution in [-0.4, -0.2) is 18.7 Å². The summed E-state index contributed by atoms with van der Waals surface area (Å²) in [5, 5.41) is 0. The number of anilines is 2. The number of rotatable bonds is 13. The van der Waals surface area contributed by atoms with E-state index in [9.17, 15) is 13.6 Å². The summed E-state index contributed by atoms with van der Waals surface area (Å²) < 4.78 is 39.7. The first kappa shape index (κ1) is 28.5. The largest absolute Gasteiger partial charge is 0.463 e. The minimum absolute atomic E-state index is 0.126. The lowest BCUT2D eigenvalue weighted by Crippen LogP contribution is -2.37. The number of ether oxygens (including phenoxy) is 2. The summed E-state index contributed by atoms with van der Waals surface area (Å²) in [6, 6.07) is 11.9. The Morgan fingerprint density at radius 1 is 1.03 bits per heavy atom. The molecule has 7 heteroatoms. The summed E-state index contributed by atoms with van der Waals surface area (Å²) in [4.78, 5) is 12.0. The fourth-order valence-corrected chi connectivity index (χ4v) is 4.90. The first-order valence-electron chi connectivity index (χ1n) is 13.4. The molecule has 0 amide bonds. The molecule has 0 aromatic heterocycles. The maximum atomic E-state index is 14.7. The molecule has 37 heavy (non-hydrogen) atoms. The molecule has 2 aromatic rings. The Morgan fingerprint density at radius 2 is 1.76 bits per heavy atom. The molecular formula is C30H40F2N2O3. The van der Waals surface area contributed by atoms with Crippen molar-refractivity contribution in [3.63, 3.8) is 0 Å². The molecule has 2 aromatic carbocycles. The van der Waals surface area contributed by atoms with Crippen molar-refractivity contribution >= 4 is 23.4 Å². The predicted octanol–water partition coefficient (Wildman–Crippen LogP) is 7.40.